The molecule has 112 valence electrons. The first-order chi connectivity index (χ1) is 9.31. The molecule has 1 unspecified atom stereocenters. The van der Waals surface area contributed by atoms with Gasteiger partial charge in [-0.3, -0.25) is 0 Å². The summed E-state index contributed by atoms with van der Waals surface area (Å²) in [6.07, 6.45) is 1.89. The molecule has 0 radical (unpaired) electrons. The van der Waals surface area contributed by atoms with Crippen LogP contribution < -0.4 is 10.5 Å². The Labute approximate surface area is 123 Å². The number of carbonyl (C=O) groups excluding carboxylic acids is 1. The Hall–Kier alpha value is -1.25. The normalized spacial score (nSPS) is 12.9. The average molecular weight is 318 g/mol. The van der Waals surface area contributed by atoms with Crippen LogP contribution in [-0.2, 0) is 14.8 Å². The van der Waals surface area contributed by atoms with Crippen LogP contribution in [0.3, 0.4) is 0 Å². The molecule has 3 N–H and O–H groups in total. The Morgan fingerprint density at radius 3 is 2.70 bits per heavy atom. The van der Waals surface area contributed by atoms with Gasteiger partial charge in [-0.1, -0.05) is 6.92 Å². The number of nitrogen functional groups attached to an aromatic ring is 1. The number of hydrogen-bond donors (Lipinski definition) is 2. The molecule has 0 amide bonds. The third kappa shape index (κ3) is 4.12. The smallest absolute Gasteiger partial charge is 0.339 e. The lowest BCUT2D eigenvalue weighted by molar-refractivity contribution is 0.0596. The van der Waals surface area contributed by atoms with E-state index in [4.69, 9.17) is 5.73 Å². The second-order valence-corrected chi connectivity index (χ2v) is 7.16. The number of sulfonamides is 1. The summed E-state index contributed by atoms with van der Waals surface area (Å²) >= 11 is 1.54. The van der Waals surface area contributed by atoms with Crippen molar-refractivity contribution >= 4 is 33.4 Å². The fourth-order valence-corrected chi connectivity index (χ4v) is 3.14. The van der Waals surface area contributed by atoms with Gasteiger partial charge in [0.2, 0.25) is 10.0 Å². The highest BCUT2D eigenvalue weighted by molar-refractivity contribution is 7.99. The maximum absolute atomic E-state index is 12.3. The predicted molar refractivity (Wildman–Crippen MR) is 80.4 cm³/mol. The largest absolute Gasteiger partial charge is 0.465 e. The first-order valence-electron chi connectivity index (χ1n) is 5.82. The third-order valence-electron chi connectivity index (χ3n) is 2.66. The van der Waals surface area contributed by atoms with Gasteiger partial charge in [-0.15, -0.1) is 0 Å². The molecule has 0 fully saturated rings. The summed E-state index contributed by atoms with van der Waals surface area (Å²) in [6, 6.07) is 4.04. The first-order valence-corrected chi connectivity index (χ1v) is 8.59. The van der Waals surface area contributed by atoms with Crippen LogP contribution in [0.25, 0.3) is 0 Å². The Kier molecular flexibility index (Phi) is 5.85. The van der Waals surface area contributed by atoms with Crippen molar-refractivity contribution in [1.29, 1.82) is 0 Å². The van der Waals surface area contributed by atoms with Crippen molar-refractivity contribution in [3.63, 3.8) is 0 Å². The number of anilines is 1. The number of nitrogens with one attached hydrogen (secondary N) is 1. The minimum atomic E-state index is -3.82. The number of esters is 1. The van der Waals surface area contributed by atoms with E-state index in [-0.39, 0.29) is 27.9 Å². The fraction of sp³-hybridized carbons (Fsp3) is 0.417. The van der Waals surface area contributed by atoms with Crippen LogP contribution in [0.4, 0.5) is 5.69 Å². The molecule has 0 aliphatic heterocycles. The SMILES string of the molecule is COC(=O)c1ccc(N)cc1S(=O)(=O)NCC(C)SC. The van der Waals surface area contributed by atoms with Crippen LogP contribution in [0.5, 0.6) is 0 Å². The lowest BCUT2D eigenvalue weighted by Crippen LogP contribution is -2.30. The van der Waals surface area contributed by atoms with Gasteiger partial charge in [0.25, 0.3) is 0 Å². The Morgan fingerprint density at radius 1 is 1.50 bits per heavy atom. The van der Waals surface area contributed by atoms with Gasteiger partial charge in [-0.25, -0.2) is 17.9 Å². The Balaban J connectivity index is 3.16. The molecular weight excluding hydrogens is 300 g/mol. The van der Waals surface area contributed by atoms with Gasteiger partial charge in [0.1, 0.15) is 0 Å². The van der Waals surface area contributed by atoms with Crippen molar-refractivity contribution in [1.82, 2.24) is 4.72 Å². The van der Waals surface area contributed by atoms with Crippen molar-refractivity contribution in [2.45, 2.75) is 17.1 Å². The summed E-state index contributed by atoms with van der Waals surface area (Å²) in [5.74, 6) is -0.719. The van der Waals surface area contributed by atoms with Gasteiger partial charge in [0.15, 0.2) is 0 Å². The van der Waals surface area contributed by atoms with E-state index in [1.165, 1.54) is 37.1 Å². The number of thioether (sulfide) groups is 1. The molecule has 0 saturated carbocycles. The van der Waals surface area contributed by atoms with Gasteiger partial charge in [-0.05, 0) is 24.5 Å². The molecule has 0 aliphatic carbocycles. The van der Waals surface area contributed by atoms with Crippen LogP contribution >= 0.6 is 11.8 Å². The molecule has 20 heavy (non-hydrogen) atoms. The number of benzene rings is 1. The monoisotopic (exact) mass is 318 g/mol. The molecule has 1 atom stereocenters. The van der Waals surface area contributed by atoms with Crippen LogP contribution in [0.15, 0.2) is 23.1 Å². The second kappa shape index (κ2) is 6.96. The van der Waals surface area contributed by atoms with Crippen molar-refractivity contribution in [2.24, 2.45) is 0 Å². The number of nitrogens with two attached hydrogens (primary N) is 1. The zero-order chi connectivity index (χ0) is 15.3. The summed E-state index contributed by atoms with van der Waals surface area (Å²) in [6.45, 7) is 2.16. The maximum atomic E-state index is 12.3. The van der Waals surface area contributed by atoms with Crippen LogP contribution in [0.1, 0.15) is 17.3 Å². The number of ether oxygens (including phenoxy) is 1. The van der Waals surface area contributed by atoms with Gasteiger partial charge in [-0.2, -0.15) is 11.8 Å². The van der Waals surface area contributed by atoms with E-state index in [2.05, 4.69) is 9.46 Å². The molecule has 0 bridgehead atoms. The van der Waals surface area contributed by atoms with Gasteiger partial charge in [0.05, 0.1) is 17.6 Å². The molecule has 8 heteroatoms. The zero-order valence-corrected chi connectivity index (χ0v) is 13.2. The van der Waals surface area contributed by atoms with E-state index in [0.29, 0.717) is 0 Å². The summed E-state index contributed by atoms with van der Waals surface area (Å²) in [5, 5.41) is 0.118. The van der Waals surface area contributed by atoms with E-state index in [0.717, 1.165) is 0 Å². The predicted octanol–water partition coefficient (Wildman–Crippen LogP) is 1.09. The minimum Gasteiger partial charge on any atom is -0.465 e. The molecule has 0 aromatic heterocycles. The zero-order valence-electron chi connectivity index (χ0n) is 11.5. The molecule has 0 spiro atoms. The first kappa shape index (κ1) is 16.8. The van der Waals surface area contributed by atoms with Gasteiger partial charge >= 0.3 is 5.97 Å². The van der Waals surface area contributed by atoms with E-state index >= 15 is 0 Å². The van der Waals surface area contributed by atoms with Crippen molar-refractivity contribution in [2.75, 3.05) is 25.6 Å². The van der Waals surface area contributed by atoms with Crippen LogP contribution in [0, 0.1) is 0 Å². The number of carbonyl (C=O) groups is 1. The van der Waals surface area contributed by atoms with Gasteiger partial charge < -0.3 is 10.5 Å². The molecule has 0 aliphatic rings. The topological polar surface area (TPSA) is 98.5 Å². The highest BCUT2D eigenvalue weighted by Gasteiger charge is 2.23. The molecule has 1 aromatic carbocycles. The summed E-state index contributed by atoms with van der Waals surface area (Å²) in [4.78, 5) is 11.5. The molecule has 0 heterocycles. The lowest BCUT2D eigenvalue weighted by Gasteiger charge is -2.13. The standard InChI is InChI=1S/C12H18N2O4S2/c1-8(19-3)7-14-20(16,17)11-6-9(13)4-5-10(11)12(15)18-2/h4-6,8,14H,7,13H2,1-3H3. The van der Waals surface area contributed by atoms with Crippen molar-refractivity contribution < 1.29 is 17.9 Å². The molecular formula is C12H18N2O4S2. The Morgan fingerprint density at radius 2 is 2.15 bits per heavy atom. The second-order valence-electron chi connectivity index (χ2n) is 4.15. The maximum Gasteiger partial charge on any atom is 0.339 e. The average Bonchev–Trinajstić information content (AvgIpc) is 2.43. The fourth-order valence-electron chi connectivity index (χ4n) is 1.43. The molecule has 0 saturated heterocycles. The number of methoxy groups -OCH3 is 1. The summed E-state index contributed by atoms with van der Waals surface area (Å²) < 4.78 is 31.6. The third-order valence-corrected chi connectivity index (χ3v) is 5.10. The van der Waals surface area contributed by atoms with E-state index in [1.807, 2.05) is 13.2 Å². The highest BCUT2D eigenvalue weighted by atomic mass is 32.2. The molecule has 1 aromatic rings. The number of rotatable bonds is 6. The Bertz CT molecular complexity index is 587. The number of hydrogen-bond acceptors (Lipinski definition) is 6. The summed E-state index contributed by atoms with van der Waals surface area (Å²) in [7, 11) is -2.63. The highest BCUT2D eigenvalue weighted by Crippen LogP contribution is 2.20. The molecule has 6 nitrogen and oxygen atoms in total. The molecule has 1 rings (SSSR count). The quantitative estimate of drug-likeness (QED) is 0.602. The van der Waals surface area contributed by atoms with E-state index < -0.39 is 16.0 Å². The summed E-state index contributed by atoms with van der Waals surface area (Å²) in [5.41, 5.74) is 5.82. The van der Waals surface area contributed by atoms with Crippen molar-refractivity contribution in [3.05, 3.63) is 23.8 Å². The van der Waals surface area contributed by atoms with E-state index in [1.54, 1.807) is 0 Å². The minimum absolute atomic E-state index is 0.0361. The van der Waals surface area contributed by atoms with Crippen LogP contribution in [-0.4, -0.2) is 39.5 Å². The van der Waals surface area contributed by atoms with Crippen LogP contribution in [0.2, 0.25) is 0 Å². The van der Waals surface area contributed by atoms with Crippen molar-refractivity contribution in [3.8, 4) is 0 Å². The lowest BCUT2D eigenvalue weighted by atomic mass is 10.2. The van der Waals surface area contributed by atoms with Gasteiger partial charge in [0, 0.05) is 17.5 Å². The van der Waals surface area contributed by atoms with E-state index in [9.17, 15) is 13.2 Å².